The smallest absolute Gasteiger partial charge is 0.540 e. The molecule has 0 saturated carbocycles. The van der Waals surface area contributed by atoms with Gasteiger partial charge in [0.2, 0.25) is 47.3 Å². The van der Waals surface area contributed by atoms with Crippen LogP contribution < -0.4 is 86.9 Å². The molecule has 0 radical (unpaired) electrons. The quantitative estimate of drug-likeness (QED) is 0.0831. The third kappa shape index (κ3) is 11.0. The Labute approximate surface area is 430 Å². The molecule has 2 aromatic carbocycles. The summed E-state index contributed by atoms with van der Waals surface area (Å²) in [4.78, 5) is 132. The second kappa shape index (κ2) is 22.0. The number of carbonyl (C=O) groups excluding carboxylic acids is 9. The van der Waals surface area contributed by atoms with Crippen LogP contribution in [-0.2, 0) is 59.8 Å². The molecule has 0 aromatic heterocycles. The van der Waals surface area contributed by atoms with Crippen LogP contribution in [0.25, 0.3) is 0 Å². The topological polar surface area (TPSA) is 338 Å². The molecule has 11 N–H and O–H groups in total. The van der Waals surface area contributed by atoms with Gasteiger partial charge in [0.25, 0.3) is 0 Å². The van der Waals surface area contributed by atoms with Crippen molar-refractivity contribution in [1.29, 1.82) is 0 Å². The van der Waals surface area contributed by atoms with Gasteiger partial charge in [0.05, 0.1) is 17.6 Å². The molecular formula is C47H58N9NaO14. The zero-order valence-corrected chi connectivity index (χ0v) is 42.2. The van der Waals surface area contributed by atoms with Gasteiger partial charge < -0.3 is 72.3 Å². The Morgan fingerprint density at radius 1 is 0.887 bits per heavy atom. The number of aliphatic hydroxyl groups is 1. The molecule has 5 aliphatic rings. The van der Waals surface area contributed by atoms with Crippen molar-refractivity contribution in [2.24, 2.45) is 5.92 Å². The molecule has 2 aromatic rings. The van der Waals surface area contributed by atoms with E-state index >= 15 is 0 Å². The number of hydrogen-bond acceptors (Lipinski definition) is 14. The molecule has 1 saturated heterocycles. The summed E-state index contributed by atoms with van der Waals surface area (Å²) in [5, 5.41) is 46.7. The average Bonchev–Trinajstić information content (AvgIpc) is 3.99. The van der Waals surface area contributed by atoms with Crippen molar-refractivity contribution >= 4 is 65.2 Å². The minimum absolute atomic E-state index is 0. The Morgan fingerprint density at radius 3 is 2.30 bits per heavy atom. The maximum atomic E-state index is 14.4. The number of fused-ring (bicyclic) bond motifs is 4. The van der Waals surface area contributed by atoms with Gasteiger partial charge in [-0.15, -0.1) is 0 Å². The van der Waals surface area contributed by atoms with Gasteiger partial charge in [-0.2, -0.15) is 0 Å². The van der Waals surface area contributed by atoms with Crippen LogP contribution in [0.1, 0.15) is 102 Å². The number of aliphatic carboxylic acids is 1. The van der Waals surface area contributed by atoms with E-state index in [1.54, 1.807) is 50.5 Å². The van der Waals surface area contributed by atoms with Crippen molar-refractivity contribution in [3.63, 3.8) is 0 Å². The van der Waals surface area contributed by atoms with Crippen molar-refractivity contribution in [3.8, 4) is 11.5 Å². The van der Waals surface area contributed by atoms with E-state index in [9.17, 15) is 58.2 Å². The number of carboxylic acids is 1. The number of ether oxygens (including phenoxy) is 2. The first kappa shape index (κ1) is 54.0. The van der Waals surface area contributed by atoms with E-state index in [0.717, 1.165) is 0 Å². The van der Waals surface area contributed by atoms with Crippen LogP contribution in [0, 0.1) is 5.92 Å². The SMILES string of the molecule is CCC(=O)NC1C[C@@]23c4cccc(c4NC2Oc2c4cc(cc23)C(O)C(C(=O)NC[C-]=O)NC(=O)C(NC(=O)C2CCC(=O)N2)CC(C)C4)OC(C)(CC)C(C(=O)O)NC(=O)C(C)NC(=O)CNC1=O.[Na+]. The van der Waals surface area contributed by atoms with Crippen molar-refractivity contribution < 1.29 is 97.2 Å². The number of carbonyl (C=O) groups is 9. The van der Waals surface area contributed by atoms with Crippen LogP contribution >= 0.6 is 0 Å². The largest absolute Gasteiger partial charge is 1.00 e. The molecule has 1 fully saturated rings. The minimum Gasteiger partial charge on any atom is -0.540 e. The molecule has 24 heteroatoms. The number of para-hydroxylation sites is 1. The van der Waals surface area contributed by atoms with Gasteiger partial charge in [-0.1, -0.05) is 39.4 Å². The van der Waals surface area contributed by atoms with Gasteiger partial charge in [-0.25, -0.2) is 11.1 Å². The maximum Gasteiger partial charge on any atom is 1.00 e. The maximum absolute atomic E-state index is 14.4. The van der Waals surface area contributed by atoms with E-state index in [2.05, 4.69) is 47.9 Å². The van der Waals surface area contributed by atoms with E-state index in [1.807, 2.05) is 6.92 Å². The Balaban J connectivity index is 0.00000825. The number of benzene rings is 2. The summed E-state index contributed by atoms with van der Waals surface area (Å²) in [6, 6.07) is -0.165. The normalized spacial score (nSPS) is 30.3. The molecule has 10 unspecified atom stereocenters. The Kier molecular flexibility index (Phi) is 16.7. The number of anilines is 1. The molecular weight excluding hydrogens is 938 g/mol. The standard InChI is InChI=1S/C47H58N9O14.Na/c1-6-31(58)52-29-19-47-25-9-8-10-30(70-46(5,7-2)38(44(67)68)56-39(62)22(4)50-33(60)20-49-40(29)63)34(25)55-45(47)69-37-24-15-21(3)16-28(53-41(64)27-11-12-32(59)51-27)42(65)54-35(43(66)48-13-14-57)36(61)23(17-24)18-26(37)47;/h8-10,17-18,21-22,27-29,35-36,38,45,55,61H,6-7,11-13,15-16,19-20H2,1-5H3,(H,48,66)(H,49,63)(H,50,60)(H,51,59)(H,52,58)(H,53,64)(H,54,65)(H,56,62)(H,67,68);/q-1;+1/t21?,22?,27?,28?,29?,35?,36?,38?,45?,46?,47-;/m0./s1. The summed E-state index contributed by atoms with van der Waals surface area (Å²) in [6.07, 6.45) is -1.23. The molecule has 23 nitrogen and oxygen atoms in total. The van der Waals surface area contributed by atoms with Gasteiger partial charge in [0, 0.05) is 18.4 Å². The molecule has 7 rings (SSSR count). The van der Waals surface area contributed by atoms with E-state index in [-0.39, 0.29) is 97.5 Å². The van der Waals surface area contributed by atoms with Gasteiger partial charge >= 0.3 is 35.5 Å². The van der Waals surface area contributed by atoms with Crippen molar-refractivity contribution in [3.05, 3.63) is 52.6 Å². The summed E-state index contributed by atoms with van der Waals surface area (Å²) < 4.78 is 13.5. The number of hydrogen-bond donors (Lipinski definition) is 11. The molecule has 1 spiro atoms. The summed E-state index contributed by atoms with van der Waals surface area (Å²) in [7, 11) is 0. The number of carboxylic acid groups (broad SMARTS) is 1. The number of aliphatic hydroxyl groups excluding tert-OH is 1. The Hall–Kier alpha value is -6.30. The summed E-state index contributed by atoms with van der Waals surface area (Å²) in [5.74, 6) is -7.19. The second-order valence-electron chi connectivity index (χ2n) is 18.6. The van der Waals surface area contributed by atoms with Crippen LogP contribution in [-0.4, -0.2) is 131 Å². The van der Waals surface area contributed by atoms with E-state index in [0.29, 0.717) is 22.4 Å². The molecule has 6 bridgehead atoms. The van der Waals surface area contributed by atoms with Crippen LogP contribution in [0.4, 0.5) is 5.69 Å². The fourth-order valence-electron chi connectivity index (χ4n) is 9.85. The average molecular weight is 996 g/mol. The number of nitrogens with one attached hydrogen (secondary N) is 9. The van der Waals surface area contributed by atoms with Crippen LogP contribution in [0.15, 0.2) is 30.3 Å². The Morgan fingerprint density at radius 2 is 1.63 bits per heavy atom. The summed E-state index contributed by atoms with van der Waals surface area (Å²) >= 11 is 0. The molecule has 0 aliphatic carbocycles. The molecule has 5 heterocycles. The van der Waals surface area contributed by atoms with Crippen molar-refractivity contribution in [1.82, 2.24) is 42.5 Å². The third-order valence-corrected chi connectivity index (χ3v) is 13.7. The van der Waals surface area contributed by atoms with Gasteiger partial charge in [-0.05, 0) is 86.8 Å². The van der Waals surface area contributed by atoms with Gasteiger partial charge in [-0.3, -0.25) is 38.4 Å². The number of amides is 8. The minimum atomic E-state index is -1.85. The van der Waals surface area contributed by atoms with Crippen molar-refractivity contribution in [2.75, 3.05) is 18.4 Å². The molecule has 71 heavy (non-hydrogen) atoms. The molecule has 11 atom stereocenters. The zero-order valence-electron chi connectivity index (χ0n) is 40.2. The second-order valence-corrected chi connectivity index (χ2v) is 18.6. The molecule has 376 valence electrons. The predicted molar refractivity (Wildman–Crippen MR) is 244 cm³/mol. The summed E-state index contributed by atoms with van der Waals surface area (Å²) in [5.41, 5.74) is -1.49. The first-order valence-corrected chi connectivity index (χ1v) is 23.3. The fourth-order valence-corrected chi connectivity index (χ4v) is 9.85. The fraction of sp³-hybridized carbons (Fsp3) is 0.532. The molecule has 8 amide bonds. The predicted octanol–water partition coefficient (Wildman–Crippen LogP) is -4.75. The summed E-state index contributed by atoms with van der Waals surface area (Å²) in [6.45, 7) is 6.67. The van der Waals surface area contributed by atoms with E-state index in [4.69, 9.17) is 9.47 Å². The first-order valence-electron chi connectivity index (χ1n) is 23.3. The third-order valence-electron chi connectivity index (χ3n) is 13.7. The monoisotopic (exact) mass is 995 g/mol. The number of rotatable bonds is 9. The van der Waals surface area contributed by atoms with Crippen LogP contribution in [0.2, 0.25) is 0 Å². The first-order chi connectivity index (χ1) is 33.2. The van der Waals surface area contributed by atoms with Crippen LogP contribution in [0.5, 0.6) is 11.5 Å². The van der Waals surface area contributed by atoms with Gasteiger partial charge in [0.15, 0.2) is 12.3 Å². The Bertz CT molecular complexity index is 2510. The van der Waals surface area contributed by atoms with E-state index < -0.39 is 126 Å². The van der Waals surface area contributed by atoms with E-state index in [1.165, 1.54) is 13.8 Å². The van der Waals surface area contributed by atoms with Gasteiger partial charge in [0.1, 0.15) is 53.4 Å². The van der Waals surface area contributed by atoms with Crippen LogP contribution in [0.3, 0.4) is 0 Å². The van der Waals surface area contributed by atoms with Crippen molar-refractivity contribution in [2.45, 2.75) is 139 Å². The zero-order chi connectivity index (χ0) is 50.8. The molecule has 5 aliphatic heterocycles.